The van der Waals surface area contributed by atoms with Gasteiger partial charge in [0.1, 0.15) is 0 Å². The molecule has 0 rings (SSSR count). The highest BCUT2D eigenvalue weighted by atomic mass is 16.5. The topological polar surface area (TPSA) is 95.9 Å². The Labute approximate surface area is 438 Å². The SMILES string of the molecule is CCCC/C=C\CCCCCCCC(=O)OCCCCCCCCCCCCCCCCCCCCCCCCCCCCCC(=O)NC(CO)C(O)CCCCCCCCCCCCCCCCC. The molecule has 0 aliphatic carbocycles. The van der Waals surface area contributed by atoms with E-state index in [-0.39, 0.29) is 18.5 Å². The molecule has 0 heterocycles. The number of allylic oxidation sites excluding steroid dienone is 2. The van der Waals surface area contributed by atoms with Crippen molar-refractivity contribution in [2.24, 2.45) is 0 Å². The zero-order valence-electron chi connectivity index (χ0n) is 47.5. The van der Waals surface area contributed by atoms with Gasteiger partial charge in [-0.05, 0) is 44.9 Å². The molecule has 1 amide bonds. The predicted molar refractivity (Wildman–Crippen MR) is 306 cm³/mol. The number of carbonyl (C=O) groups is 2. The van der Waals surface area contributed by atoms with Crippen LogP contribution in [0.1, 0.15) is 361 Å². The zero-order chi connectivity index (χ0) is 50.7. The van der Waals surface area contributed by atoms with Crippen molar-refractivity contribution in [3.8, 4) is 0 Å². The third kappa shape index (κ3) is 55.9. The molecule has 6 heteroatoms. The molecule has 0 saturated carbocycles. The summed E-state index contributed by atoms with van der Waals surface area (Å²) in [4.78, 5) is 24.5. The molecule has 70 heavy (non-hydrogen) atoms. The maximum atomic E-state index is 12.5. The average Bonchev–Trinajstić information content (AvgIpc) is 3.36. The molecule has 2 atom stereocenters. The number of amides is 1. The summed E-state index contributed by atoms with van der Waals surface area (Å²) >= 11 is 0. The van der Waals surface area contributed by atoms with Crippen LogP contribution in [0.2, 0.25) is 0 Å². The summed E-state index contributed by atoms with van der Waals surface area (Å²) in [7, 11) is 0. The molecule has 0 aliphatic heterocycles. The second-order valence-electron chi connectivity index (χ2n) is 22.1. The van der Waals surface area contributed by atoms with Crippen molar-refractivity contribution in [2.75, 3.05) is 13.2 Å². The smallest absolute Gasteiger partial charge is 0.305 e. The van der Waals surface area contributed by atoms with Gasteiger partial charge in [0.25, 0.3) is 0 Å². The molecule has 3 N–H and O–H groups in total. The van der Waals surface area contributed by atoms with Crippen LogP contribution < -0.4 is 5.32 Å². The van der Waals surface area contributed by atoms with Crippen molar-refractivity contribution >= 4 is 11.9 Å². The fourth-order valence-corrected chi connectivity index (χ4v) is 10.2. The Morgan fingerprint density at radius 3 is 1.06 bits per heavy atom. The number of unbranched alkanes of at least 4 members (excludes halogenated alkanes) is 47. The van der Waals surface area contributed by atoms with E-state index in [1.54, 1.807) is 0 Å². The molecule has 0 radical (unpaired) electrons. The fraction of sp³-hybridized carbons (Fsp3) is 0.938. The highest BCUT2D eigenvalue weighted by Gasteiger charge is 2.20. The van der Waals surface area contributed by atoms with Gasteiger partial charge in [-0.25, -0.2) is 0 Å². The van der Waals surface area contributed by atoms with Crippen molar-refractivity contribution in [3.63, 3.8) is 0 Å². The first-order valence-electron chi connectivity index (χ1n) is 31.9. The minimum atomic E-state index is -0.661. The van der Waals surface area contributed by atoms with Crippen LogP contribution in [0.3, 0.4) is 0 Å². The Morgan fingerprint density at radius 1 is 0.386 bits per heavy atom. The van der Waals surface area contributed by atoms with Crippen LogP contribution in [0.15, 0.2) is 12.2 Å². The zero-order valence-corrected chi connectivity index (χ0v) is 47.5. The number of carbonyl (C=O) groups excluding carboxylic acids is 2. The van der Waals surface area contributed by atoms with Crippen LogP contribution in [0.4, 0.5) is 0 Å². The first kappa shape index (κ1) is 68.6. The fourth-order valence-electron chi connectivity index (χ4n) is 10.2. The molecular formula is C64H125NO5. The summed E-state index contributed by atoms with van der Waals surface area (Å²) in [5.41, 5.74) is 0. The van der Waals surface area contributed by atoms with Gasteiger partial charge in [0.15, 0.2) is 0 Å². The quantitative estimate of drug-likeness (QED) is 0.0321. The Morgan fingerprint density at radius 2 is 0.686 bits per heavy atom. The number of aliphatic hydroxyl groups is 2. The molecule has 0 spiro atoms. The van der Waals surface area contributed by atoms with Gasteiger partial charge in [0.05, 0.1) is 25.4 Å². The van der Waals surface area contributed by atoms with Gasteiger partial charge in [0, 0.05) is 12.8 Å². The lowest BCUT2D eigenvalue weighted by atomic mass is 10.0. The normalized spacial score (nSPS) is 12.6. The number of esters is 1. The van der Waals surface area contributed by atoms with Gasteiger partial charge >= 0.3 is 5.97 Å². The molecule has 0 aromatic rings. The summed E-state index contributed by atoms with van der Waals surface area (Å²) in [6, 6.07) is -0.538. The molecular weight excluding hydrogens is 863 g/mol. The second-order valence-corrected chi connectivity index (χ2v) is 22.1. The molecule has 0 saturated heterocycles. The molecule has 416 valence electrons. The van der Waals surface area contributed by atoms with Crippen molar-refractivity contribution in [1.29, 1.82) is 0 Å². The van der Waals surface area contributed by atoms with E-state index in [1.807, 2.05) is 0 Å². The molecule has 0 aromatic heterocycles. The third-order valence-electron chi connectivity index (χ3n) is 15.1. The number of rotatable bonds is 60. The van der Waals surface area contributed by atoms with Gasteiger partial charge in [-0.2, -0.15) is 0 Å². The summed E-state index contributed by atoms with van der Waals surface area (Å²) < 4.78 is 5.46. The van der Waals surface area contributed by atoms with Crippen LogP contribution in [0.5, 0.6) is 0 Å². The maximum absolute atomic E-state index is 12.5. The van der Waals surface area contributed by atoms with Gasteiger partial charge in [-0.1, -0.05) is 315 Å². The van der Waals surface area contributed by atoms with Gasteiger partial charge in [0.2, 0.25) is 5.91 Å². The highest BCUT2D eigenvalue weighted by molar-refractivity contribution is 5.76. The maximum Gasteiger partial charge on any atom is 0.305 e. The Bertz CT molecular complexity index is 1050. The van der Waals surface area contributed by atoms with E-state index in [4.69, 9.17) is 4.74 Å². The van der Waals surface area contributed by atoms with Crippen LogP contribution in [0, 0.1) is 0 Å². The van der Waals surface area contributed by atoms with Gasteiger partial charge in [-0.15, -0.1) is 0 Å². The summed E-state index contributed by atoms with van der Waals surface area (Å²) in [6.45, 7) is 4.94. The minimum Gasteiger partial charge on any atom is -0.466 e. The minimum absolute atomic E-state index is 0.00749. The van der Waals surface area contributed by atoms with Crippen molar-refractivity contribution in [3.05, 3.63) is 12.2 Å². The largest absolute Gasteiger partial charge is 0.466 e. The summed E-state index contributed by atoms with van der Waals surface area (Å²) in [5.74, 6) is -0.0221. The Kier molecular flexibility index (Phi) is 59.0. The molecule has 0 bridgehead atoms. The number of ether oxygens (including phenoxy) is 1. The van der Waals surface area contributed by atoms with Crippen LogP contribution in [0.25, 0.3) is 0 Å². The van der Waals surface area contributed by atoms with Gasteiger partial charge in [-0.3, -0.25) is 9.59 Å². The lowest BCUT2D eigenvalue weighted by Crippen LogP contribution is -2.45. The Hall–Kier alpha value is -1.40. The predicted octanol–water partition coefficient (Wildman–Crippen LogP) is 20.0. The molecule has 2 unspecified atom stereocenters. The Balaban J connectivity index is 3.34. The standard InChI is InChI=1S/C64H125NO5/c1-3-5-7-9-11-13-15-16-30-33-37-40-44-48-52-56-62(67)61(60-66)65-63(68)57-53-49-45-41-38-34-31-28-26-24-22-20-18-17-19-21-23-25-27-29-32-35-39-43-47-51-55-59-70-64(69)58-54-50-46-42-36-14-12-10-8-6-4-2/h10,12,61-62,66-67H,3-9,11,13-60H2,1-2H3,(H,65,68)/b12-10-. The molecule has 0 fully saturated rings. The molecule has 0 aliphatic rings. The summed E-state index contributed by atoms with van der Waals surface area (Å²) in [6.07, 6.45) is 72.4. The monoisotopic (exact) mass is 988 g/mol. The lowest BCUT2D eigenvalue weighted by Gasteiger charge is -2.22. The second kappa shape index (κ2) is 60.2. The van der Waals surface area contributed by atoms with Crippen molar-refractivity contribution < 1.29 is 24.5 Å². The lowest BCUT2D eigenvalue weighted by molar-refractivity contribution is -0.143. The first-order valence-corrected chi connectivity index (χ1v) is 31.9. The average molecular weight is 989 g/mol. The van der Waals surface area contributed by atoms with Crippen LogP contribution in [-0.4, -0.2) is 47.4 Å². The van der Waals surface area contributed by atoms with E-state index < -0.39 is 12.1 Å². The molecule has 6 nitrogen and oxygen atoms in total. The molecule has 0 aromatic carbocycles. The van der Waals surface area contributed by atoms with Crippen LogP contribution >= 0.6 is 0 Å². The van der Waals surface area contributed by atoms with E-state index in [2.05, 4.69) is 31.3 Å². The first-order chi connectivity index (χ1) is 34.5. The number of hydrogen-bond donors (Lipinski definition) is 3. The van der Waals surface area contributed by atoms with E-state index in [0.29, 0.717) is 25.9 Å². The number of aliphatic hydroxyl groups excluding tert-OH is 2. The third-order valence-corrected chi connectivity index (χ3v) is 15.1. The van der Waals surface area contributed by atoms with Crippen LogP contribution in [-0.2, 0) is 14.3 Å². The number of hydrogen-bond acceptors (Lipinski definition) is 5. The van der Waals surface area contributed by atoms with Gasteiger partial charge < -0.3 is 20.3 Å². The van der Waals surface area contributed by atoms with E-state index in [0.717, 1.165) is 44.9 Å². The number of nitrogens with one attached hydrogen (secondary N) is 1. The van der Waals surface area contributed by atoms with E-state index in [9.17, 15) is 19.8 Å². The van der Waals surface area contributed by atoms with Crippen molar-refractivity contribution in [2.45, 2.75) is 373 Å². The highest BCUT2D eigenvalue weighted by Crippen LogP contribution is 2.19. The summed E-state index contributed by atoms with van der Waals surface area (Å²) in [5, 5.41) is 23.3. The van der Waals surface area contributed by atoms with E-state index >= 15 is 0 Å². The van der Waals surface area contributed by atoms with E-state index in [1.165, 1.54) is 283 Å². The van der Waals surface area contributed by atoms with Crippen molar-refractivity contribution in [1.82, 2.24) is 5.32 Å².